The van der Waals surface area contributed by atoms with Gasteiger partial charge in [-0.2, -0.15) is 5.10 Å². The first-order valence-electron chi connectivity index (χ1n) is 7.97. The number of nitrogens with zero attached hydrogens (tertiary/aromatic N) is 3. The van der Waals surface area contributed by atoms with Gasteiger partial charge in [0, 0.05) is 6.04 Å². The van der Waals surface area contributed by atoms with E-state index >= 15 is 0 Å². The van der Waals surface area contributed by atoms with Gasteiger partial charge in [0.1, 0.15) is 18.4 Å². The summed E-state index contributed by atoms with van der Waals surface area (Å²) in [5.41, 5.74) is 1.46. The standard InChI is InChI=1S/C17H15F3N4O3S/c1-12(13-2-4-14(5-3-13)24-11-21-10-22-24)23-28(25,26)16-8-6-15(7-9-16)27-17(18,19)20/h2-12,23H,1H3/t12-/m0/s1. The Morgan fingerprint density at radius 3 is 2.25 bits per heavy atom. The van der Waals surface area contributed by atoms with Crippen LogP contribution in [0, 0.1) is 0 Å². The summed E-state index contributed by atoms with van der Waals surface area (Å²) in [5, 5.41) is 4.00. The van der Waals surface area contributed by atoms with E-state index in [9.17, 15) is 21.6 Å². The van der Waals surface area contributed by atoms with E-state index in [0.717, 1.165) is 30.0 Å². The van der Waals surface area contributed by atoms with Crippen LogP contribution in [-0.4, -0.2) is 29.5 Å². The highest BCUT2D eigenvalue weighted by Gasteiger charge is 2.31. The zero-order valence-electron chi connectivity index (χ0n) is 14.5. The molecule has 3 rings (SSSR count). The molecule has 0 aliphatic rings. The topological polar surface area (TPSA) is 86.1 Å². The van der Waals surface area contributed by atoms with Gasteiger partial charge in [-0.1, -0.05) is 12.1 Å². The second-order valence-corrected chi connectivity index (χ2v) is 7.51. The van der Waals surface area contributed by atoms with Crippen molar-refractivity contribution in [3.8, 4) is 11.4 Å². The summed E-state index contributed by atoms with van der Waals surface area (Å²) >= 11 is 0. The molecule has 0 saturated heterocycles. The van der Waals surface area contributed by atoms with Crippen molar-refractivity contribution in [2.45, 2.75) is 24.2 Å². The molecule has 1 atom stereocenters. The van der Waals surface area contributed by atoms with Crippen molar-refractivity contribution >= 4 is 10.0 Å². The van der Waals surface area contributed by atoms with Crippen molar-refractivity contribution in [2.75, 3.05) is 0 Å². The number of hydrogen-bond donors (Lipinski definition) is 1. The van der Waals surface area contributed by atoms with E-state index in [2.05, 4.69) is 19.5 Å². The maximum Gasteiger partial charge on any atom is 0.573 e. The molecule has 0 fully saturated rings. The molecule has 3 aromatic rings. The van der Waals surface area contributed by atoms with Crippen LogP contribution in [0.5, 0.6) is 5.75 Å². The number of rotatable bonds is 6. The van der Waals surface area contributed by atoms with E-state index in [1.54, 1.807) is 35.9 Å². The molecule has 1 aromatic heterocycles. The van der Waals surface area contributed by atoms with Crippen molar-refractivity contribution in [1.29, 1.82) is 0 Å². The molecule has 28 heavy (non-hydrogen) atoms. The predicted octanol–water partition coefficient (Wildman–Crippen LogP) is 3.21. The Hall–Kier alpha value is -2.92. The quantitative estimate of drug-likeness (QED) is 0.672. The van der Waals surface area contributed by atoms with E-state index in [-0.39, 0.29) is 4.90 Å². The number of alkyl halides is 3. The third-order valence-corrected chi connectivity index (χ3v) is 5.33. The van der Waals surface area contributed by atoms with Gasteiger partial charge in [-0.05, 0) is 48.9 Å². The predicted molar refractivity (Wildman–Crippen MR) is 93.2 cm³/mol. The van der Waals surface area contributed by atoms with Crippen LogP contribution in [0.4, 0.5) is 13.2 Å². The molecule has 0 bridgehead atoms. The van der Waals surface area contributed by atoms with Crippen LogP contribution in [0.2, 0.25) is 0 Å². The summed E-state index contributed by atoms with van der Waals surface area (Å²) in [4.78, 5) is 3.68. The molecule has 2 aromatic carbocycles. The minimum absolute atomic E-state index is 0.173. The highest BCUT2D eigenvalue weighted by molar-refractivity contribution is 7.89. The van der Waals surface area contributed by atoms with E-state index in [1.807, 2.05) is 0 Å². The normalized spacial score (nSPS) is 13.3. The van der Waals surface area contributed by atoms with Crippen molar-refractivity contribution < 1.29 is 26.3 Å². The number of sulfonamides is 1. The van der Waals surface area contributed by atoms with Crippen LogP contribution in [-0.2, 0) is 10.0 Å². The Kier molecular flexibility index (Phi) is 5.38. The summed E-state index contributed by atoms with van der Waals surface area (Å²) in [7, 11) is -3.94. The molecule has 0 aliphatic heterocycles. The molecule has 7 nitrogen and oxygen atoms in total. The maximum atomic E-state index is 12.5. The van der Waals surface area contributed by atoms with Gasteiger partial charge in [0.25, 0.3) is 0 Å². The zero-order valence-corrected chi connectivity index (χ0v) is 15.3. The van der Waals surface area contributed by atoms with E-state index in [0.29, 0.717) is 5.56 Å². The van der Waals surface area contributed by atoms with Gasteiger partial charge < -0.3 is 4.74 Å². The van der Waals surface area contributed by atoms with Crippen molar-refractivity contribution in [3.63, 3.8) is 0 Å². The van der Waals surface area contributed by atoms with Crippen LogP contribution in [0.25, 0.3) is 5.69 Å². The largest absolute Gasteiger partial charge is 0.573 e. The number of aromatic nitrogens is 3. The third-order valence-electron chi connectivity index (χ3n) is 3.78. The van der Waals surface area contributed by atoms with Crippen LogP contribution >= 0.6 is 0 Å². The Morgan fingerprint density at radius 2 is 1.71 bits per heavy atom. The SMILES string of the molecule is C[C@H](NS(=O)(=O)c1ccc(OC(F)(F)F)cc1)c1ccc(-n2cncn2)cc1. The molecule has 0 amide bonds. The Bertz CT molecular complexity index is 1020. The van der Waals surface area contributed by atoms with Gasteiger partial charge in [0.15, 0.2) is 0 Å². The Labute approximate surface area is 158 Å². The first kappa shape index (κ1) is 19.8. The van der Waals surface area contributed by atoms with Crippen LogP contribution < -0.4 is 9.46 Å². The zero-order chi connectivity index (χ0) is 20.4. The number of hydrogen-bond acceptors (Lipinski definition) is 5. The second kappa shape index (κ2) is 7.60. The molecular formula is C17H15F3N4O3S. The summed E-state index contributed by atoms with van der Waals surface area (Å²) in [6, 6.07) is 10.4. The lowest BCUT2D eigenvalue weighted by atomic mass is 10.1. The maximum absolute atomic E-state index is 12.5. The molecular weight excluding hydrogens is 397 g/mol. The second-order valence-electron chi connectivity index (χ2n) is 5.79. The van der Waals surface area contributed by atoms with Gasteiger partial charge in [-0.25, -0.2) is 22.8 Å². The van der Waals surface area contributed by atoms with E-state index in [1.165, 1.54) is 12.7 Å². The summed E-state index contributed by atoms with van der Waals surface area (Å²) in [5.74, 6) is -0.497. The van der Waals surface area contributed by atoms with Crippen molar-refractivity contribution in [2.24, 2.45) is 0 Å². The molecule has 1 heterocycles. The average Bonchev–Trinajstić information content (AvgIpc) is 3.15. The lowest BCUT2D eigenvalue weighted by Gasteiger charge is -2.15. The lowest BCUT2D eigenvalue weighted by molar-refractivity contribution is -0.274. The van der Waals surface area contributed by atoms with E-state index < -0.39 is 28.2 Å². The molecule has 1 N–H and O–H groups in total. The number of nitrogens with one attached hydrogen (secondary N) is 1. The fraction of sp³-hybridized carbons (Fsp3) is 0.176. The molecule has 148 valence electrons. The molecule has 0 unspecified atom stereocenters. The molecule has 0 saturated carbocycles. The molecule has 0 spiro atoms. The fourth-order valence-electron chi connectivity index (χ4n) is 2.45. The van der Waals surface area contributed by atoms with Gasteiger partial charge in [-0.15, -0.1) is 13.2 Å². The smallest absolute Gasteiger partial charge is 0.406 e. The summed E-state index contributed by atoms with van der Waals surface area (Å²) in [6.45, 7) is 1.66. The van der Waals surface area contributed by atoms with Crippen molar-refractivity contribution in [3.05, 3.63) is 66.7 Å². The first-order chi connectivity index (χ1) is 13.1. The van der Waals surface area contributed by atoms with Crippen LogP contribution in [0.3, 0.4) is 0 Å². The highest BCUT2D eigenvalue weighted by Crippen LogP contribution is 2.25. The summed E-state index contributed by atoms with van der Waals surface area (Å²) in [6.07, 6.45) is -1.91. The molecule has 0 radical (unpaired) electrons. The number of halogens is 3. The average molecular weight is 412 g/mol. The minimum Gasteiger partial charge on any atom is -0.406 e. The Morgan fingerprint density at radius 1 is 1.07 bits per heavy atom. The summed E-state index contributed by atoms with van der Waals surface area (Å²) < 4.78 is 69.3. The van der Waals surface area contributed by atoms with Gasteiger partial charge >= 0.3 is 6.36 Å². The van der Waals surface area contributed by atoms with Crippen LogP contribution in [0.15, 0.2) is 66.1 Å². The highest BCUT2D eigenvalue weighted by atomic mass is 32.2. The van der Waals surface area contributed by atoms with Gasteiger partial charge in [0.2, 0.25) is 10.0 Å². The molecule has 0 aliphatic carbocycles. The third kappa shape index (κ3) is 4.87. The Balaban J connectivity index is 1.71. The molecule has 11 heteroatoms. The number of ether oxygens (including phenoxy) is 1. The fourth-order valence-corrected chi connectivity index (χ4v) is 3.68. The first-order valence-corrected chi connectivity index (χ1v) is 9.45. The van der Waals surface area contributed by atoms with Crippen molar-refractivity contribution in [1.82, 2.24) is 19.5 Å². The van der Waals surface area contributed by atoms with E-state index in [4.69, 9.17) is 0 Å². The lowest BCUT2D eigenvalue weighted by Crippen LogP contribution is -2.27. The van der Waals surface area contributed by atoms with Gasteiger partial charge in [-0.3, -0.25) is 0 Å². The monoisotopic (exact) mass is 412 g/mol. The van der Waals surface area contributed by atoms with Crippen LogP contribution in [0.1, 0.15) is 18.5 Å². The number of benzene rings is 2. The minimum atomic E-state index is -4.84. The van der Waals surface area contributed by atoms with Gasteiger partial charge in [0.05, 0.1) is 10.6 Å².